The number of guanidine groups is 1. The van der Waals surface area contributed by atoms with Gasteiger partial charge in [-0.3, -0.25) is 14.7 Å². The number of amides is 2. The Hall–Kier alpha value is -2.03. The third-order valence-corrected chi connectivity index (χ3v) is 5.11. The molecule has 178 valence electrons. The van der Waals surface area contributed by atoms with Gasteiger partial charge in [-0.1, -0.05) is 0 Å². The molecule has 0 aromatic rings. The van der Waals surface area contributed by atoms with Crippen LogP contribution in [0.1, 0.15) is 74.1 Å². The van der Waals surface area contributed by atoms with E-state index in [2.05, 4.69) is 20.9 Å². The molecule has 2 fully saturated rings. The average Bonchev–Trinajstić information content (AvgIpc) is 3.39. The summed E-state index contributed by atoms with van der Waals surface area (Å²) in [6.45, 7) is 15.0. The van der Waals surface area contributed by atoms with Gasteiger partial charge in [-0.15, -0.1) is 0 Å². The Balaban J connectivity index is 1.94. The molecule has 0 bridgehead atoms. The Morgan fingerprint density at radius 3 is 2.48 bits per heavy atom. The van der Waals surface area contributed by atoms with E-state index in [1.807, 2.05) is 48.5 Å². The van der Waals surface area contributed by atoms with Gasteiger partial charge >= 0.3 is 6.09 Å². The van der Waals surface area contributed by atoms with Gasteiger partial charge in [-0.05, 0) is 67.7 Å². The highest BCUT2D eigenvalue weighted by atomic mass is 16.6. The van der Waals surface area contributed by atoms with Crippen LogP contribution in [0.3, 0.4) is 0 Å². The van der Waals surface area contributed by atoms with Crippen LogP contribution in [0.25, 0.3) is 0 Å². The van der Waals surface area contributed by atoms with Crippen LogP contribution in [-0.2, 0) is 14.3 Å². The zero-order valence-corrected chi connectivity index (χ0v) is 20.2. The third kappa shape index (κ3) is 8.20. The lowest BCUT2D eigenvalue weighted by molar-refractivity contribution is -0.121. The molecule has 1 aliphatic heterocycles. The summed E-state index contributed by atoms with van der Waals surface area (Å²) < 4.78 is 11.6. The van der Waals surface area contributed by atoms with Gasteiger partial charge in [0.1, 0.15) is 11.3 Å². The van der Waals surface area contributed by atoms with Gasteiger partial charge in [0.25, 0.3) is 0 Å². The summed E-state index contributed by atoms with van der Waals surface area (Å²) in [5.74, 6) is 0.768. The highest BCUT2D eigenvalue weighted by Crippen LogP contribution is 2.33. The quantitative estimate of drug-likeness (QED) is 0.305. The first-order valence-electron chi connectivity index (χ1n) is 11.4. The zero-order chi connectivity index (χ0) is 23.2. The van der Waals surface area contributed by atoms with Crippen molar-refractivity contribution in [3.05, 3.63) is 0 Å². The van der Waals surface area contributed by atoms with E-state index >= 15 is 0 Å². The van der Waals surface area contributed by atoms with Crippen LogP contribution >= 0.6 is 0 Å². The SMILES string of the molecule is CCNC(=NCC1C(C)OC(C)(C)N1C(=O)OC(C)(C)C)NCCCC(=O)NC1CC1. The van der Waals surface area contributed by atoms with Gasteiger partial charge in [0.15, 0.2) is 5.96 Å². The summed E-state index contributed by atoms with van der Waals surface area (Å²) >= 11 is 0. The van der Waals surface area contributed by atoms with Gasteiger partial charge in [-0.2, -0.15) is 0 Å². The number of hydrogen-bond donors (Lipinski definition) is 3. The highest BCUT2D eigenvalue weighted by Gasteiger charge is 2.49. The average molecular weight is 440 g/mol. The largest absolute Gasteiger partial charge is 0.444 e. The lowest BCUT2D eigenvalue weighted by Crippen LogP contribution is -2.51. The van der Waals surface area contributed by atoms with Crippen molar-refractivity contribution in [1.82, 2.24) is 20.9 Å². The Bertz CT molecular complexity index is 655. The normalized spacial score (nSPS) is 23.5. The van der Waals surface area contributed by atoms with Crippen LogP contribution in [0.4, 0.5) is 4.79 Å². The Morgan fingerprint density at radius 1 is 1.23 bits per heavy atom. The summed E-state index contributed by atoms with van der Waals surface area (Å²) in [4.78, 5) is 31.0. The van der Waals surface area contributed by atoms with E-state index in [1.165, 1.54) is 0 Å². The van der Waals surface area contributed by atoms with E-state index in [4.69, 9.17) is 9.47 Å². The predicted molar refractivity (Wildman–Crippen MR) is 121 cm³/mol. The Kier molecular flexibility index (Phi) is 8.57. The molecule has 0 aromatic heterocycles. The molecule has 0 spiro atoms. The summed E-state index contributed by atoms with van der Waals surface area (Å²) in [6, 6.07) is 0.150. The van der Waals surface area contributed by atoms with Crippen molar-refractivity contribution in [2.75, 3.05) is 19.6 Å². The van der Waals surface area contributed by atoms with Crippen molar-refractivity contribution in [2.45, 2.75) is 104 Å². The van der Waals surface area contributed by atoms with Crippen molar-refractivity contribution >= 4 is 18.0 Å². The van der Waals surface area contributed by atoms with Gasteiger partial charge < -0.3 is 25.4 Å². The minimum absolute atomic E-state index is 0.110. The first-order chi connectivity index (χ1) is 14.4. The molecule has 0 aromatic carbocycles. The minimum atomic E-state index is -0.775. The van der Waals surface area contributed by atoms with Crippen molar-refractivity contribution in [1.29, 1.82) is 0 Å². The van der Waals surface area contributed by atoms with Gasteiger partial charge in [0.05, 0.1) is 18.7 Å². The highest BCUT2D eigenvalue weighted by molar-refractivity contribution is 5.80. The fraction of sp³-hybridized carbons (Fsp3) is 0.864. The number of aliphatic imine (C=N–C) groups is 1. The van der Waals surface area contributed by atoms with Crippen LogP contribution in [0.2, 0.25) is 0 Å². The summed E-state index contributed by atoms with van der Waals surface area (Å²) in [5, 5.41) is 9.49. The number of carbonyl (C=O) groups excluding carboxylic acids is 2. The predicted octanol–water partition coefficient (Wildman–Crippen LogP) is 2.36. The molecule has 3 N–H and O–H groups in total. The summed E-state index contributed by atoms with van der Waals surface area (Å²) in [5.41, 5.74) is -1.36. The first-order valence-corrected chi connectivity index (χ1v) is 11.4. The topological polar surface area (TPSA) is 104 Å². The molecule has 1 aliphatic carbocycles. The molecule has 9 nitrogen and oxygen atoms in total. The number of ether oxygens (including phenoxy) is 2. The second-order valence-electron chi connectivity index (χ2n) is 9.78. The van der Waals surface area contributed by atoms with Crippen LogP contribution in [0.5, 0.6) is 0 Å². The van der Waals surface area contributed by atoms with Crippen molar-refractivity contribution in [3.63, 3.8) is 0 Å². The van der Waals surface area contributed by atoms with E-state index in [1.54, 1.807) is 4.90 Å². The maximum Gasteiger partial charge on any atom is 0.412 e. The lowest BCUT2D eigenvalue weighted by Gasteiger charge is -2.34. The monoisotopic (exact) mass is 439 g/mol. The standard InChI is InChI=1S/C22H41N5O4/c1-8-23-19(24-13-9-10-18(28)26-16-11-12-16)25-14-17-15(2)30-22(6,7)27(17)20(29)31-21(3,4)5/h15-17H,8-14H2,1-7H3,(H,26,28)(H2,23,24,25). The Labute approximate surface area is 186 Å². The van der Waals surface area contributed by atoms with Crippen LogP contribution in [0.15, 0.2) is 4.99 Å². The van der Waals surface area contributed by atoms with Gasteiger partial charge in [-0.25, -0.2) is 4.79 Å². The molecule has 9 heteroatoms. The molecule has 0 radical (unpaired) electrons. The smallest absolute Gasteiger partial charge is 0.412 e. The molecule has 2 atom stereocenters. The van der Waals surface area contributed by atoms with E-state index in [9.17, 15) is 9.59 Å². The molecule has 2 rings (SSSR count). The van der Waals surface area contributed by atoms with Crippen molar-refractivity contribution in [3.8, 4) is 0 Å². The number of nitrogens with zero attached hydrogens (tertiary/aromatic N) is 2. The fourth-order valence-corrected chi connectivity index (χ4v) is 3.61. The maximum absolute atomic E-state index is 12.9. The molecule has 1 saturated heterocycles. The molecular weight excluding hydrogens is 398 g/mol. The van der Waals surface area contributed by atoms with Crippen molar-refractivity contribution < 1.29 is 19.1 Å². The molecule has 31 heavy (non-hydrogen) atoms. The minimum Gasteiger partial charge on any atom is -0.444 e. The summed E-state index contributed by atoms with van der Waals surface area (Å²) in [6.07, 6.45) is 2.84. The molecular formula is C22H41N5O4. The van der Waals surface area contributed by atoms with E-state index in [0.717, 1.165) is 19.3 Å². The molecule has 2 aliphatic rings. The second kappa shape index (κ2) is 10.5. The van der Waals surface area contributed by atoms with Gasteiger partial charge in [0, 0.05) is 25.6 Å². The van der Waals surface area contributed by atoms with Gasteiger partial charge in [0.2, 0.25) is 5.91 Å². The maximum atomic E-state index is 12.9. The second-order valence-corrected chi connectivity index (χ2v) is 9.78. The number of carbonyl (C=O) groups is 2. The van der Waals surface area contributed by atoms with Crippen LogP contribution in [0, 0.1) is 0 Å². The summed E-state index contributed by atoms with van der Waals surface area (Å²) in [7, 11) is 0. The zero-order valence-electron chi connectivity index (χ0n) is 20.2. The fourth-order valence-electron chi connectivity index (χ4n) is 3.61. The molecule has 2 unspecified atom stereocenters. The number of nitrogens with one attached hydrogen (secondary N) is 3. The van der Waals surface area contributed by atoms with Crippen molar-refractivity contribution in [2.24, 2.45) is 4.99 Å². The van der Waals surface area contributed by atoms with E-state index < -0.39 is 17.4 Å². The van der Waals surface area contributed by atoms with E-state index in [0.29, 0.717) is 38.1 Å². The first kappa shape index (κ1) is 25.2. The van der Waals surface area contributed by atoms with Crippen LogP contribution in [-0.4, -0.2) is 72.0 Å². The number of hydrogen-bond acceptors (Lipinski definition) is 5. The molecule has 1 saturated carbocycles. The van der Waals surface area contributed by atoms with Crippen LogP contribution < -0.4 is 16.0 Å². The van der Waals surface area contributed by atoms with E-state index in [-0.39, 0.29) is 18.1 Å². The lowest BCUT2D eigenvalue weighted by atomic mass is 10.1. The molecule has 1 heterocycles. The number of rotatable bonds is 8. The third-order valence-electron chi connectivity index (χ3n) is 5.11. The Morgan fingerprint density at radius 2 is 1.90 bits per heavy atom. The molecule has 2 amide bonds.